The van der Waals surface area contributed by atoms with Gasteiger partial charge < -0.3 is 4.90 Å². The van der Waals surface area contributed by atoms with E-state index in [-0.39, 0.29) is 18.9 Å². The summed E-state index contributed by atoms with van der Waals surface area (Å²) in [6.45, 7) is 3.24. The number of likely N-dealkylation sites (tertiary alicyclic amines) is 1. The molecule has 0 aromatic rings. The number of carbonyl (C=O) groups excluding carboxylic acids is 4. The van der Waals surface area contributed by atoms with Crippen LogP contribution in [0.25, 0.3) is 0 Å². The number of nitrogens with zero attached hydrogens (tertiary/aromatic N) is 2. The Morgan fingerprint density at radius 2 is 1.90 bits per heavy atom. The van der Waals surface area contributed by atoms with Gasteiger partial charge in [0, 0.05) is 26.1 Å². The molecule has 1 atom stereocenters. The second-order valence-corrected chi connectivity index (χ2v) is 5.08. The molecule has 2 fully saturated rings. The van der Waals surface area contributed by atoms with Crippen LogP contribution in [0.4, 0.5) is 4.79 Å². The van der Waals surface area contributed by atoms with Gasteiger partial charge in [0.05, 0.1) is 0 Å². The molecule has 110 valence electrons. The van der Waals surface area contributed by atoms with Crippen LogP contribution < -0.4 is 5.32 Å². The first-order valence-electron chi connectivity index (χ1n) is 6.98. The zero-order valence-electron chi connectivity index (χ0n) is 11.6. The van der Waals surface area contributed by atoms with E-state index < -0.39 is 23.8 Å². The fourth-order valence-corrected chi connectivity index (χ4v) is 2.56. The highest BCUT2D eigenvalue weighted by atomic mass is 16.2. The lowest BCUT2D eigenvalue weighted by atomic mass is 10.0. The third-order valence-electron chi connectivity index (χ3n) is 3.77. The van der Waals surface area contributed by atoms with Crippen LogP contribution in [0.3, 0.4) is 0 Å². The van der Waals surface area contributed by atoms with E-state index in [1.54, 1.807) is 11.8 Å². The number of imide groups is 2. The van der Waals surface area contributed by atoms with Crippen LogP contribution in [0.5, 0.6) is 0 Å². The fourth-order valence-electron chi connectivity index (χ4n) is 2.56. The third kappa shape index (κ3) is 2.81. The van der Waals surface area contributed by atoms with Crippen molar-refractivity contribution in [1.82, 2.24) is 15.1 Å². The zero-order chi connectivity index (χ0) is 14.7. The van der Waals surface area contributed by atoms with Crippen LogP contribution in [0.1, 0.15) is 32.6 Å². The van der Waals surface area contributed by atoms with Crippen LogP contribution in [0.2, 0.25) is 0 Å². The van der Waals surface area contributed by atoms with Gasteiger partial charge in [-0.1, -0.05) is 6.92 Å². The normalized spacial score (nSPS) is 23.2. The molecule has 2 aliphatic rings. The molecular weight excluding hydrogens is 262 g/mol. The van der Waals surface area contributed by atoms with Crippen molar-refractivity contribution in [2.45, 2.75) is 32.6 Å². The monoisotopic (exact) mass is 281 g/mol. The number of urea groups is 1. The van der Waals surface area contributed by atoms with E-state index in [2.05, 4.69) is 5.32 Å². The summed E-state index contributed by atoms with van der Waals surface area (Å²) in [6.07, 6.45) is 2.46. The summed E-state index contributed by atoms with van der Waals surface area (Å²) in [5, 5.41) is 2.16. The number of rotatable bonds is 4. The van der Waals surface area contributed by atoms with E-state index in [0.29, 0.717) is 6.42 Å². The highest BCUT2D eigenvalue weighted by Gasteiger charge is 2.39. The van der Waals surface area contributed by atoms with E-state index in [1.807, 2.05) is 0 Å². The topological polar surface area (TPSA) is 86.8 Å². The average molecular weight is 281 g/mol. The molecule has 0 aliphatic carbocycles. The largest absolute Gasteiger partial charge is 0.343 e. The van der Waals surface area contributed by atoms with Gasteiger partial charge in [-0.15, -0.1) is 0 Å². The average Bonchev–Trinajstić information content (AvgIpc) is 2.92. The number of barbiturate groups is 1. The summed E-state index contributed by atoms with van der Waals surface area (Å²) in [4.78, 5) is 49.8. The Labute approximate surface area is 117 Å². The standard InChI is InChI=1S/C13H19N3O4/c1-2-9-11(18)14-13(20)16(12(9)19)8-5-10(17)15-6-3-4-7-15/h9H,2-8H2,1H3,(H,14,18,20). The van der Waals surface area contributed by atoms with Gasteiger partial charge >= 0.3 is 6.03 Å². The van der Waals surface area contributed by atoms with Gasteiger partial charge in [0.2, 0.25) is 17.7 Å². The lowest BCUT2D eigenvalue weighted by Gasteiger charge is -2.29. The fraction of sp³-hybridized carbons (Fsp3) is 0.692. The minimum atomic E-state index is -0.824. The molecule has 2 aliphatic heterocycles. The molecule has 2 saturated heterocycles. The molecule has 7 heteroatoms. The van der Waals surface area contributed by atoms with Gasteiger partial charge in [0.15, 0.2) is 0 Å². The quantitative estimate of drug-likeness (QED) is 0.741. The minimum absolute atomic E-state index is 0.0315. The van der Waals surface area contributed by atoms with E-state index in [4.69, 9.17) is 0 Å². The first-order valence-corrected chi connectivity index (χ1v) is 6.98. The minimum Gasteiger partial charge on any atom is -0.343 e. The van der Waals surface area contributed by atoms with Gasteiger partial charge in [0.1, 0.15) is 5.92 Å². The molecule has 20 heavy (non-hydrogen) atoms. The Balaban J connectivity index is 1.93. The summed E-state index contributed by atoms with van der Waals surface area (Å²) in [5.41, 5.74) is 0. The van der Waals surface area contributed by atoms with Crippen LogP contribution >= 0.6 is 0 Å². The summed E-state index contributed by atoms with van der Waals surface area (Å²) >= 11 is 0. The summed E-state index contributed by atoms with van der Waals surface area (Å²) in [7, 11) is 0. The van der Waals surface area contributed by atoms with Crippen molar-refractivity contribution < 1.29 is 19.2 Å². The molecule has 1 N–H and O–H groups in total. The first kappa shape index (κ1) is 14.5. The Bertz CT molecular complexity index is 443. The molecule has 0 aromatic heterocycles. The van der Waals surface area contributed by atoms with Crippen LogP contribution in [0, 0.1) is 5.92 Å². The second-order valence-electron chi connectivity index (χ2n) is 5.08. The van der Waals surface area contributed by atoms with E-state index in [9.17, 15) is 19.2 Å². The van der Waals surface area contributed by atoms with Crippen molar-refractivity contribution in [1.29, 1.82) is 0 Å². The lowest BCUT2D eigenvalue weighted by Crippen LogP contribution is -2.58. The zero-order valence-corrected chi connectivity index (χ0v) is 11.6. The third-order valence-corrected chi connectivity index (χ3v) is 3.77. The lowest BCUT2D eigenvalue weighted by molar-refractivity contribution is -0.142. The molecule has 0 aromatic carbocycles. The maximum atomic E-state index is 12.0. The van der Waals surface area contributed by atoms with Crippen molar-refractivity contribution in [3.05, 3.63) is 0 Å². The van der Waals surface area contributed by atoms with Gasteiger partial charge in [0.25, 0.3) is 0 Å². The van der Waals surface area contributed by atoms with Gasteiger partial charge in [-0.3, -0.25) is 24.6 Å². The molecule has 1 unspecified atom stereocenters. The van der Waals surface area contributed by atoms with Crippen molar-refractivity contribution in [2.75, 3.05) is 19.6 Å². The van der Waals surface area contributed by atoms with E-state index >= 15 is 0 Å². The maximum Gasteiger partial charge on any atom is 0.330 e. The molecule has 0 saturated carbocycles. The van der Waals surface area contributed by atoms with E-state index in [1.165, 1.54) is 0 Å². The maximum absolute atomic E-state index is 12.0. The number of nitrogens with one attached hydrogen (secondary N) is 1. The Morgan fingerprint density at radius 3 is 2.50 bits per heavy atom. The van der Waals surface area contributed by atoms with Gasteiger partial charge in [-0.05, 0) is 19.3 Å². The molecule has 2 rings (SSSR count). The van der Waals surface area contributed by atoms with Crippen molar-refractivity contribution in [3.8, 4) is 0 Å². The predicted molar refractivity (Wildman–Crippen MR) is 69.5 cm³/mol. The van der Waals surface area contributed by atoms with Crippen LogP contribution in [-0.2, 0) is 14.4 Å². The SMILES string of the molecule is CCC1C(=O)NC(=O)N(CCC(=O)N2CCCC2)C1=O. The Morgan fingerprint density at radius 1 is 1.25 bits per heavy atom. The number of amides is 5. The molecule has 5 amide bonds. The highest BCUT2D eigenvalue weighted by Crippen LogP contribution is 2.15. The van der Waals surface area contributed by atoms with Gasteiger partial charge in [-0.25, -0.2) is 4.79 Å². The molecule has 0 bridgehead atoms. The van der Waals surface area contributed by atoms with E-state index in [0.717, 1.165) is 30.8 Å². The van der Waals surface area contributed by atoms with Crippen LogP contribution in [0.15, 0.2) is 0 Å². The molecule has 7 nitrogen and oxygen atoms in total. The first-order chi connectivity index (χ1) is 9.54. The Hall–Kier alpha value is -1.92. The smallest absolute Gasteiger partial charge is 0.330 e. The van der Waals surface area contributed by atoms with Gasteiger partial charge in [-0.2, -0.15) is 0 Å². The Kier molecular flexibility index (Phi) is 4.36. The van der Waals surface area contributed by atoms with Crippen LogP contribution in [-0.4, -0.2) is 53.2 Å². The van der Waals surface area contributed by atoms with Crippen molar-refractivity contribution in [3.63, 3.8) is 0 Å². The molecule has 0 radical (unpaired) electrons. The molecule has 2 heterocycles. The second kappa shape index (κ2) is 6.02. The number of hydrogen-bond donors (Lipinski definition) is 1. The molecular formula is C13H19N3O4. The number of carbonyl (C=O) groups is 4. The predicted octanol–water partition coefficient (Wildman–Crippen LogP) is 0.103. The highest BCUT2D eigenvalue weighted by molar-refractivity contribution is 6.16. The van der Waals surface area contributed by atoms with Crippen molar-refractivity contribution >= 4 is 23.8 Å². The summed E-state index contributed by atoms with van der Waals surface area (Å²) in [6, 6.07) is -0.723. The molecule has 0 spiro atoms. The number of hydrogen-bond acceptors (Lipinski definition) is 4. The summed E-state index contributed by atoms with van der Waals surface area (Å²) < 4.78 is 0. The van der Waals surface area contributed by atoms with Crippen molar-refractivity contribution in [2.24, 2.45) is 5.92 Å². The summed E-state index contributed by atoms with van der Waals surface area (Å²) in [5.74, 6) is -1.93.